The van der Waals surface area contributed by atoms with E-state index in [2.05, 4.69) is 0 Å². The van der Waals surface area contributed by atoms with Gasteiger partial charge in [0.05, 0.1) is 0 Å². The zero-order valence-corrected chi connectivity index (χ0v) is 9.05. The summed E-state index contributed by atoms with van der Waals surface area (Å²) in [5.74, 6) is 0.287. The molecule has 2 aliphatic rings. The van der Waals surface area contributed by atoms with Gasteiger partial charge in [-0.1, -0.05) is 0 Å². The number of ether oxygens (including phenoxy) is 1. The number of carbonyl (C=O) groups is 1. The molecule has 0 spiro atoms. The fourth-order valence-corrected chi connectivity index (χ4v) is 4.06. The predicted molar refractivity (Wildman–Crippen MR) is 54.6 cm³/mol. The van der Waals surface area contributed by atoms with Crippen molar-refractivity contribution in [3.05, 3.63) is 0 Å². The van der Waals surface area contributed by atoms with Gasteiger partial charge in [0.1, 0.15) is 5.78 Å². The first-order valence-corrected chi connectivity index (χ1v) is 6.54. The SMILES string of the molecule is O=C1CCC(S(=O)C2CCOCC2)C1. The first kappa shape index (κ1) is 10.3. The molecule has 80 valence electrons. The Balaban J connectivity index is 1.90. The van der Waals surface area contributed by atoms with E-state index in [1.54, 1.807) is 0 Å². The Morgan fingerprint density at radius 1 is 1.14 bits per heavy atom. The normalized spacial score (nSPS) is 32.0. The summed E-state index contributed by atoms with van der Waals surface area (Å²) in [6, 6.07) is 0. The highest BCUT2D eigenvalue weighted by Gasteiger charge is 2.32. The summed E-state index contributed by atoms with van der Waals surface area (Å²) in [6.07, 6.45) is 3.82. The Labute approximate surface area is 86.7 Å². The molecule has 0 N–H and O–H groups in total. The summed E-state index contributed by atoms with van der Waals surface area (Å²) >= 11 is 0. The zero-order valence-electron chi connectivity index (χ0n) is 8.24. The molecule has 1 aliphatic heterocycles. The number of hydrogen-bond donors (Lipinski definition) is 0. The van der Waals surface area contributed by atoms with Crippen LogP contribution in [-0.4, -0.2) is 33.7 Å². The van der Waals surface area contributed by atoms with Crippen molar-refractivity contribution < 1.29 is 13.7 Å². The maximum absolute atomic E-state index is 12.0. The molecule has 1 saturated carbocycles. The third-order valence-electron chi connectivity index (χ3n) is 3.03. The first-order chi connectivity index (χ1) is 6.77. The minimum Gasteiger partial charge on any atom is -0.381 e. The van der Waals surface area contributed by atoms with E-state index < -0.39 is 10.8 Å². The van der Waals surface area contributed by atoms with Crippen LogP contribution >= 0.6 is 0 Å². The van der Waals surface area contributed by atoms with Gasteiger partial charge in [0.15, 0.2) is 0 Å². The average molecular weight is 216 g/mol. The summed E-state index contributed by atoms with van der Waals surface area (Å²) < 4.78 is 17.3. The fraction of sp³-hybridized carbons (Fsp3) is 0.900. The van der Waals surface area contributed by atoms with Gasteiger partial charge in [-0.25, -0.2) is 0 Å². The van der Waals surface area contributed by atoms with Crippen LogP contribution in [0.4, 0.5) is 0 Å². The number of hydrogen-bond acceptors (Lipinski definition) is 3. The molecule has 0 radical (unpaired) electrons. The van der Waals surface area contributed by atoms with E-state index in [1.165, 1.54) is 0 Å². The molecule has 14 heavy (non-hydrogen) atoms. The Hall–Kier alpha value is -0.220. The topological polar surface area (TPSA) is 43.4 Å². The molecular formula is C10H16O3S. The maximum Gasteiger partial charge on any atom is 0.134 e. The zero-order chi connectivity index (χ0) is 9.97. The summed E-state index contributed by atoms with van der Waals surface area (Å²) in [7, 11) is -0.803. The van der Waals surface area contributed by atoms with Crippen molar-refractivity contribution in [2.45, 2.75) is 42.6 Å². The second-order valence-electron chi connectivity index (χ2n) is 4.04. The molecule has 1 saturated heterocycles. The standard InChI is InChI=1S/C10H16O3S/c11-8-1-2-10(7-8)14(12)9-3-5-13-6-4-9/h9-10H,1-7H2. The Kier molecular flexibility index (Phi) is 3.34. The molecule has 1 aliphatic carbocycles. The summed E-state index contributed by atoms with van der Waals surface area (Å²) in [5, 5.41) is 0.422. The van der Waals surface area contributed by atoms with Gasteiger partial charge in [0.2, 0.25) is 0 Å². The van der Waals surface area contributed by atoms with Gasteiger partial charge in [0.25, 0.3) is 0 Å². The number of carbonyl (C=O) groups excluding carboxylic acids is 1. The highest BCUT2D eigenvalue weighted by atomic mass is 32.2. The number of ketones is 1. The van der Waals surface area contributed by atoms with Crippen molar-refractivity contribution in [3.8, 4) is 0 Å². The van der Waals surface area contributed by atoms with Crippen molar-refractivity contribution >= 4 is 16.6 Å². The van der Waals surface area contributed by atoms with Crippen LogP contribution in [-0.2, 0) is 20.3 Å². The fourth-order valence-electron chi connectivity index (χ4n) is 2.16. The van der Waals surface area contributed by atoms with E-state index in [9.17, 15) is 9.00 Å². The van der Waals surface area contributed by atoms with Crippen LogP contribution in [0.1, 0.15) is 32.1 Å². The van der Waals surface area contributed by atoms with Crippen LogP contribution in [0.15, 0.2) is 0 Å². The molecule has 4 heteroatoms. The van der Waals surface area contributed by atoms with Gasteiger partial charge in [-0.3, -0.25) is 9.00 Å². The van der Waals surface area contributed by atoms with Crippen molar-refractivity contribution in [2.24, 2.45) is 0 Å². The summed E-state index contributed by atoms with van der Waals surface area (Å²) in [5.41, 5.74) is 0. The average Bonchev–Trinajstić information content (AvgIpc) is 2.65. The lowest BCUT2D eigenvalue weighted by atomic mass is 10.2. The van der Waals surface area contributed by atoms with E-state index in [0.29, 0.717) is 12.8 Å². The highest BCUT2D eigenvalue weighted by molar-refractivity contribution is 7.86. The number of Topliss-reactive ketones (excluding diaryl/α,β-unsaturated/α-hetero) is 1. The van der Waals surface area contributed by atoms with Crippen molar-refractivity contribution in [1.29, 1.82) is 0 Å². The van der Waals surface area contributed by atoms with Crippen LogP contribution < -0.4 is 0 Å². The van der Waals surface area contributed by atoms with E-state index in [4.69, 9.17) is 4.74 Å². The third kappa shape index (κ3) is 2.23. The molecule has 2 rings (SSSR count). The molecule has 0 bridgehead atoms. The van der Waals surface area contributed by atoms with Gasteiger partial charge in [-0.05, 0) is 19.3 Å². The minimum absolute atomic E-state index is 0.144. The van der Waals surface area contributed by atoms with Gasteiger partial charge in [-0.2, -0.15) is 0 Å². The molecule has 2 unspecified atom stereocenters. The number of rotatable bonds is 2. The van der Waals surface area contributed by atoms with Crippen LogP contribution in [0.5, 0.6) is 0 Å². The Morgan fingerprint density at radius 2 is 1.86 bits per heavy atom. The molecule has 0 aromatic heterocycles. The van der Waals surface area contributed by atoms with E-state index >= 15 is 0 Å². The van der Waals surface area contributed by atoms with E-state index in [-0.39, 0.29) is 16.3 Å². The Bertz CT molecular complexity index is 246. The van der Waals surface area contributed by atoms with Gasteiger partial charge in [0, 0.05) is 47.4 Å². The molecule has 2 atom stereocenters. The van der Waals surface area contributed by atoms with E-state index in [1.807, 2.05) is 0 Å². The largest absolute Gasteiger partial charge is 0.381 e. The third-order valence-corrected chi connectivity index (χ3v) is 5.21. The highest BCUT2D eigenvalue weighted by Crippen LogP contribution is 2.25. The monoisotopic (exact) mass is 216 g/mol. The molecule has 3 nitrogen and oxygen atoms in total. The lowest BCUT2D eigenvalue weighted by Gasteiger charge is -2.23. The smallest absolute Gasteiger partial charge is 0.134 e. The van der Waals surface area contributed by atoms with Gasteiger partial charge in [-0.15, -0.1) is 0 Å². The van der Waals surface area contributed by atoms with Crippen molar-refractivity contribution in [1.82, 2.24) is 0 Å². The first-order valence-electron chi connectivity index (χ1n) is 5.26. The minimum atomic E-state index is -0.803. The molecular weight excluding hydrogens is 200 g/mol. The molecule has 0 amide bonds. The van der Waals surface area contributed by atoms with Crippen LogP contribution in [0.3, 0.4) is 0 Å². The summed E-state index contributed by atoms with van der Waals surface area (Å²) in [6.45, 7) is 1.47. The predicted octanol–water partition coefficient (Wildman–Crippen LogP) is 1.04. The van der Waals surface area contributed by atoms with Crippen LogP contribution in [0.2, 0.25) is 0 Å². The molecule has 0 aromatic rings. The van der Waals surface area contributed by atoms with Gasteiger partial charge >= 0.3 is 0 Å². The maximum atomic E-state index is 12.0. The Morgan fingerprint density at radius 3 is 2.43 bits per heavy atom. The molecule has 2 fully saturated rings. The molecule has 1 heterocycles. The summed E-state index contributed by atoms with van der Waals surface area (Å²) in [4.78, 5) is 11.1. The molecule has 0 aromatic carbocycles. The van der Waals surface area contributed by atoms with E-state index in [0.717, 1.165) is 32.5 Å². The second-order valence-corrected chi connectivity index (χ2v) is 6.03. The van der Waals surface area contributed by atoms with Gasteiger partial charge < -0.3 is 4.74 Å². The second kappa shape index (κ2) is 4.53. The van der Waals surface area contributed by atoms with Crippen molar-refractivity contribution in [3.63, 3.8) is 0 Å². The lowest BCUT2D eigenvalue weighted by molar-refractivity contribution is -0.117. The van der Waals surface area contributed by atoms with Crippen LogP contribution in [0, 0.1) is 0 Å². The lowest BCUT2D eigenvalue weighted by Crippen LogP contribution is -2.30. The van der Waals surface area contributed by atoms with Crippen LogP contribution in [0.25, 0.3) is 0 Å². The quantitative estimate of drug-likeness (QED) is 0.692. The van der Waals surface area contributed by atoms with Crippen molar-refractivity contribution in [2.75, 3.05) is 13.2 Å².